The smallest absolute Gasteiger partial charge is 0.229 e. The van der Waals surface area contributed by atoms with E-state index in [-0.39, 0.29) is 23.7 Å². The molecule has 2 fully saturated rings. The topological polar surface area (TPSA) is 84.2 Å². The number of aromatic nitrogens is 4. The van der Waals surface area contributed by atoms with Crippen molar-refractivity contribution < 1.29 is 4.79 Å². The molecule has 2 aliphatic carbocycles. The molecule has 0 saturated heterocycles. The summed E-state index contributed by atoms with van der Waals surface area (Å²) in [5, 5.41) is 6.93. The lowest BCUT2D eigenvalue weighted by atomic mass is 10.1. The van der Waals surface area contributed by atoms with E-state index >= 15 is 0 Å². The summed E-state index contributed by atoms with van der Waals surface area (Å²) in [6.45, 7) is 2.62. The van der Waals surface area contributed by atoms with Crippen LogP contribution in [0.3, 0.4) is 0 Å². The first kappa shape index (κ1) is 21.1. The molecule has 0 radical (unpaired) electrons. The molecule has 3 heterocycles. The largest absolute Gasteiger partial charge is 0.364 e. The van der Waals surface area contributed by atoms with E-state index in [1.165, 1.54) is 24.7 Å². The highest BCUT2D eigenvalue weighted by Crippen LogP contribution is 2.54. The van der Waals surface area contributed by atoms with Crippen LogP contribution < -0.4 is 10.6 Å². The average Bonchev–Trinajstić information content (AvgIpc) is 3.74. The number of nitrogens with zero attached hydrogens (tertiary/aromatic N) is 4. The SMILES string of the molecule is C[C@@H]1[C@H](C(=O)Nc2cc(NCc3cn4cc(C5CC5)ccc4n3)ncn2)[C@H]1c1cccc(Cl)c1. The van der Waals surface area contributed by atoms with Gasteiger partial charge in [0.2, 0.25) is 5.91 Å². The molecular weight excluding hydrogens is 448 g/mol. The first-order valence-corrected chi connectivity index (χ1v) is 12.0. The fourth-order valence-corrected chi connectivity index (χ4v) is 5.01. The van der Waals surface area contributed by atoms with Crippen molar-refractivity contribution >= 4 is 34.8 Å². The Bertz CT molecular complexity index is 1380. The van der Waals surface area contributed by atoms with Crippen molar-refractivity contribution in [3.8, 4) is 0 Å². The van der Waals surface area contributed by atoms with Gasteiger partial charge in [0.25, 0.3) is 0 Å². The Kier molecular flexibility index (Phi) is 5.21. The van der Waals surface area contributed by atoms with Crippen LogP contribution in [-0.4, -0.2) is 25.3 Å². The Labute approximate surface area is 202 Å². The van der Waals surface area contributed by atoms with Crippen molar-refractivity contribution in [1.29, 1.82) is 0 Å². The van der Waals surface area contributed by atoms with Crippen LogP contribution in [0.25, 0.3) is 5.65 Å². The molecule has 34 heavy (non-hydrogen) atoms. The van der Waals surface area contributed by atoms with Gasteiger partial charge in [-0.15, -0.1) is 0 Å². The third kappa shape index (κ3) is 4.23. The maximum absolute atomic E-state index is 12.9. The maximum atomic E-state index is 12.9. The van der Waals surface area contributed by atoms with Crippen LogP contribution >= 0.6 is 11.6 Å². The van der Waals surface area contributed by atoms with Crippen LogP contribution in [0, 0.1) is 11.8 Å². The second kappa shape index (κ2) is 8.40. The number of rotatable bonds is 7. The number of benzene rings is 1. The van der Waals surface area contributed by atoms with E-state index in [2.05, 4.69) is 55.2 Å². The van der Waals surface area contributed by atoms with Gasteiger partial charge < -0.3 is 15.0 Å². The molecule has 3 atom stereocenters. The monoisotopic (exact) mass is 472 g/mol. The molecule has 8 heteroatoms. The number of amides is 1. The fourth-order valence-electron chi connectivity index (χ4n) is 4.81. The second-order valence-corrected chi connectivity index (χ2v) is 9.77. The van der Waals surface area contributed by atoms with Crippen molar-refractivity contribution in [1.82, 2.24) is 19.4 Å². The molecule has 0 spiro atoms. The van der Waals surface area contributed by atoms with E-state index in [1.54, 1.807) is 6.07 Å². The van der Waals surface area contributed by atoms with Gasteiger partial charge in [-0.2, -0.15) is 0 Å². The predicted molar refractivity (Wildman–Crippen MR) is 132 cm³/mol. The molecule has 0 aliphatic heterocycles. The van der Waals surface area contributed by atoms with Crippen LogP contribution in [0.1, 0.15) is 48.4 Å². The molecule has 1 amide bonds. The van der Waals surface area contributed by atoms with Crippen LogP contribution in [-0.2, 0) is 11.3 Å². The summed E-state index contributed by atoms with van der Waals surface area (Å²) < 4.78 is 2.09. The van der Waals surface area contributed by atoms with Crippen molar-refractivity contribution in [3.05, 3.63) is 83.0 Å². The van der Waals surface area contributed by atoms with Crippen molar-refractivity contribution in [3.63, 3.8) is 0 Å². The number of halogens is 1. The zero-order valence-corrected chi connectivity index (χ0v) is 19.5. The van der Waals surface area contributed by atoms with E-state index < -0.39 is 0 Å². The number of carbonyl (C=O) groups excluding carboxylic acids is 1. The second-order valence-electron chi connectivity index (χ2n) is 9.33. The number of carbonyl (C=O) groups is 1. The maximum Gasteiger partial charge on any atom is 0.229 e. The lowest BCUT2D eigenvalue weighted by Crippen LogP contribution is -2.16. The summed E-state index contributed by atoms with van der Waals surface area (Å²) in [6.07, 6.45) is 8.23. The van der Waals surface area contributed by atoms with E-state index in [9.17, 15) is 4.79 Å². The molecule has 172 valence electrons. The number of hydrogen-bond acceptors (Lipinski definition) is 5. The molecule has 1 aromatic carbocycles. The molecule has 0 bridgehead atoms. The van der Waals surface area contributed by atoms with Gasteiger partial charge in [-0.3, -0.25) is 4.79 Å². The number of fused-ring (bicyclic) bond motifs is 1. The van der Waals surface area contributed by atoms with Gasteiger partial charge in [0, 0.05) is 29.4 Å². The molecule has 0 unspecified atom stereocenters. The highest BCUT2D eigenvalue weighted by Gasteiger charge is 2.52. The minimum absolute atomic E-state index is 0.0334. The number of pyridine rings is 1. The van der Waals surface area contributed by atoms with Crippen LogP contribution in [0.2, 0.25) is 5.02 Å². The number of anilines is 2. The molecule has 6 rings (SSSR count). The van der Waals surface area contributed by atoms with Crippen LogP contribution in [0.4, 0.5) is 11.6 Å². The number of imidazole rings is 1. The normalized spacial score (nSPS) is 21.4. The lowest BCUT2D eigenvalue weighted by molar-refractivity contribution is -0.117. The highest BCUT2D eigenvalue weighted by molar-refractivity contribution is 6.30. The number of nitrogens with one attached hydrogen (secondary N) is 2. The molecule has 7 nitrogen and oxygen atoms in total. The van der Waals surface area contributed by atoms with Gasteiger partial charge in [-0.25, -0.2) is 15.0 Å². The van der Waals surface area contributed by atoms with Gasteiger partial charge in [-0.1, -0.05) is 36.7 Å². The predicted octanol–water partition coefficient (Wildman–Crippen LogP) is 5.26. The van der Waals surface area contributed by atoms with E-state index in [4.69, 9.17) is 11.6 Å². The van der Waals surface area contributed by atoms with Gasteiger partial charge in [0.15, 0.2) is 0 Å². The van der Waals surface area contributed by atoms with Crippen molar-refractivity contribution in [2.24, 2.45) is 11.8 Å². The summed E-state index contributed by atoms with van der Waals surface area (Å²) in [6, 6.07) is 13.7. The highest BCUT2D eigenvalue weighted by atomic mass is 35.5. The molecule has 2 saturated carbocycles. The third-order valence-corrected chi connectivity index (χ3v) is 7.09. The quantitative estimate of drug-likeness (QED) is 0.383. The van der Waals surface area contributed by atoms with Gasteiger partial charge in [-0.05, 0) is 59.9 Å². The molecule has 4 aromatic rings. The van der Waals surface area contributed by atoms with Crippen LogP contribution in [0.15, 0.2) is 61.2 Å². The standard InChI is InChI=1S/C26H25ClN6O/c1-15-24(17-3-2-4-19(27)9-17)25(15)26(34)32-22-10-21(29-14-30-22)28-11-20-13-33-12-18(16-5-6-16)7-8-23(33)31-20/h2-4,7-10,12-16,24-25H,5-6,11H2,1H3,(H2,28,29,30,32,34)/t15-,24+,25-/m0/s1. The Balaban J connectivity index is 1.09. The van der Waals surface area contributed by atoms with Gasteiger partial charge in [0.05, 0.1) is 12.2 Å². The summed E-state index contributed by atoms with van der Waals surface area (Å²) in [7, 11) is 0. The summed E-state index contributed by atoms with van der Waals surface area (Å²) in [4.78, 5) is 26.1. The Morgan fingerprint density at radius 3 is 2.76 bits per heavy atom. The molecular formula is C26H25ClN6O. The Morgan fingerprint density at radius 2 is 1.94 bits per heavy atom. The molecule has 2 N–H and O–H groups in total. The van der Waals surface area contributed by atoms with E-state index in [1.807, 2.05) is 30.5 Å². The average molecular weight is 473 g/mol. The van der Waals surface area contributed by atoms with E-state index in [0.29, 0.717) is 29.1 Å². The van der Waals surface area contributed by atoms with Crippen molar-refractivity contribution in [2.45, 2.75) is 38.1 Å². The minimum Gasteiger partial charge on any atom is -0.364 e. The zero-order chi connectivity index (χ0) is 23.2. The summed E-state index contributed by atoms with van der Waals surface area (Å²) in [5.74, 6) is 2.13. The van der Waals surface area contributed by atoms with Gasteiger partial charge >= 0.3 is 0 Å². The summed E-state index contributed by atoms with van der Waals surface area (Å²) >= 11 is 6.13. The number of hydrogen-bond donors (Lipinski definition) is 2. The summed E-state index contributed by atoms with van der Waals surface area (Å²) in [5.41, 5.74) is 4.34. The van der Waals surface area contributed by atoms with Crippen LogP contribution in [0.5, 0.6) is 0 Å². The lowest BCUT2D eigenvalue weighted by Gasteiger charge is -2.07. The minimum atomic E-state index is -0.0941. The fraction of sp³-hybridized carbons (Fsp3) is 0.308. The van der Waals surface area contributed by atoms with Crippen molar-refractivity contribution in [2.75, 3.05) is 10.6 Å². The Morgan fingerprint density at radius 1 is 1.09 bits per heavy atom. The Hall–Kier alpha value is -3.45. The zero-order valence-electron chi connectivity index (χ0n) is 18.8. The van der Waals surface area contributed by atoms with E-state index in [0.717, 1.165) is 16.9 Å². The van der Waals surface area contributed by atoms with Gasteiger partial charge in [0.1, 0.15) is 23.6 Å². The molecule has 3 aromatic heterocycles. The first-order chi connectivity index (χ1) is 16.5. The molecule has 2 aliphatic rings. The first-order valence-electron chi connectivity index (χ1n) is 11.6. The third-order valence-electron chi connectivity index (χ3n) is 6.86.